The molecular weight excluding hydrogens is 347 g/mol. The Morgan fingerprint density at radius 2 is 1.13 bits per heavy atom. The normalized spacial score (nSPS) is 11.2. The third-order valence-corrected chi connectivity index (χ3v) is 5.62. The molecule has 0 N–H and O–H groups in total. The van der Waals surface area contributed by atoms with Gasteiger partial charge < -0.3 is 0 Å². The van der Waals surface area contributed by atoms with Crippen LogP contribution in [0.5, 0.6) is 0 Å². The molecule has 112 valence electrons. The average molecular weight is 363 g/mol. The van der Waals surface area contributed by atoms with Gasteiger partial charge in [0.05, 0.1) is 0 Å². The first kappa shape index (κ1) is 15.5. The van der Waals surface area contributed by atoms with E-state index < -0.39 is 0 Å². The van der Waals surface area contributed by atoms with Crippen LogP contribution in [0.2, 0.25) is 0 Å². The molecule has 0 spiro atoms. The summed E-state index contributed by atoms with van der Waals surface area (Å²) >= 11 is 0.0903. The van der Waals surface area contributed by atoms with Gasteiger partial charge in [0.1, 0.15) is 0 Å². The van der Waals surface area contributed by atoms with Crippen LogP contribution in [0.15, 0.2) is 97.1 Å². The van der Waals surface area contributed by atoms with E-state index in [1.165, 1.54) is 4.46 Å². The fourth-order valence-corrected chi connectivity index (χ4v) is 4.22. The molecule has 2 heteroatoms. The van der Waals surface area contributed by atoms with E-state index in [-0.39, 0.29) is 20.7 Å². The molecule has 23 heavy (non-hydrogen) atoms. The zero-order chi connectivity index (χ0) is 15.9. The second kappa shape index (κ2) is 7.73. The molecular formula is C21H16OSe. The Morgan fingerprint density at radius 3 is 1.70 bits per heavy atom. The minimum atomic E-state index is 0.0576. The Kier molecular flexibility index (Phi) is 5.21. The summed E-state index contributed by atoms with van der Waals surface area (Å²) in [7, 11) is 0. The van der Waals surface area contributed by atoms with Crippen molar-refractivity contribution >= 4 is 29.7 Å². The van der Waals surface area contributed by atoms with Gasteiger partial charge in [-0.2, -0.15) is 0 Å². The van der Waals surface area contributed by atoms with E-state index in [9.17, 15) is 4.79 Å². The Hall–Kier alpha value is -2.41. The molecule has 0 amide bonds. The van der Waals surface area contributed by atoms with Crippen molar-refractivity contribution in [2.24, 2.45) is 0 Å². The van der Waals surface area contributed by atoms with Crippen LogP contribution in [-0.2, 0) is 0 Å². The molecule has 0 unspecified atom stereocenters. The zero-order valence-corrected chi connectivity index (χ0v) is 14.3. The Morgan fingerprint density at radius 1 is 0.652 bits per heavy atom. The quantitative estimate of drug-likeness (QED) is 0.381. The topological polar surface area (TPSA) is 17.1 Å². The SMILES string of the molecule is O=C(/C=C(\[Se]c1ccccc1)c1ccccc1)c1ccccc1. The number of hydrogen-bond donors (Lipinski definition) is 0. The molecule has 3 aromatic rings. The van der Waals surface area contributed by atoms with Crippen LogP contribution in [0.1, 0.15) is 15.9 Å². The Bertz CT molecular complexity index is 793. The van der Waals surface area contributed by atoms with Crippen molar-refractivity contribution < 1.29 is 4.79 Å². The second-order valence-electron chi connectivity index (χ2n) is 5.02. The van der Waals surface area contributed by atoms with E-state index >= 15 is 0 Å². The molecule has 0 aliphatic heterocycles. The summed E-state index contributed by atoms with van der Waals surface area (Å²) in [6, 6.07) is 29.9. The van der Waals surface area contributed by atoms with Gasteiger partial charge in [0.25, 0.3) is 0 Å². The number of allylic oxidation sites excluding steroid dienone is 1. The Labute approximate surface area is 142 Å². The first-order valence-electron chi connectivity index (χ1n) is 7.42. The third-order valence-electron chi connectivity index (χ3n) is 3.35. The van der Waals surface area contributed by atoms with Crippen molar-refractivity contribution in [1.29, 1.82) is 0 Å². The molecule has 0 saturated carbocycles. The number of ketones is 1. The van der Waals surface area contributed by atoms with Gasteiger partial charge in [0, 0.05) is 0 Å². The maximum absolute atomic E-state index is 12.6. The van der Waals surface area contributed by atoms with E-state index in [4.69, 9.17) is 0 Å². The molecule has 0 atom stereocenters. The molecule has 0 fully saturated rings. The van der Waals surface area contributed by atoms with Crippen LogP contribution in [-0.4, -0.2) is 20.7 Å². The fraction of sp³-hybridized carbons (Fsp3) is 0. The summed E-state index contributed by atoms with van der Waals surface area (Å²) in [6.07, 6.45) is 1.79. The van der Waals surface area contributed by atoms with Crippen molar-refractivity contribution in [2.75, 3.05) is 0 Å². The van der Waals surface area contributed by atoms with Crippen molar-refractivity contribution in [3.05, 3.63) is 108 Å². The summed E-state index contributed by atoms with van der Waals surface area (Å²) in [5, 5.41) is 0. The van der Waals surface area contributed by atoms with Gasteiger partial charge in [-0.15, -0.1) is 0 Å². The monoisotopic (exact) mass is 364 g/mol. The number of carbonyl (C=O) groups is 1. The van der Waals surface area contributed by atoms with E-state index in [0.717, 1.165) is 15.6 Å². The van der Waals surface area contributed by atoms with Crippen LogP contribution in [0.25, 0.3) is 4.47 Å². The van der Waals surface area contributed by atoms with Gasteiger partial charge in [-0.3, -0.25) is 0 Å². The fourth-order valence-electron chi connectivity index (χ4n) is 2.19. The molecule has 3 aromatic carbocycles. The van der Waals surface area contributed by atoms with Gasteiger partial charge in [-0.1, -0.05) is 0 Å². The van der Waals surface area contributed by atoms with Gasteiger partial charge >= 0.3 is 143 Å². The zero-order valence-electron chi connectivity index (χ0n) is 12.6. The van der Waals surface area contributed by atoms with Gasteiger partial charge in [-0.05, 0) is 0 Å². The molecule has 0 aromatic heterocycles. The summed E-state index contributed by atoms with van der Waals surface area (Å²) in [5.41, 5.74) is 1.84. The van der Waals surface area contributed by atoms with E-state index in [2.05, 4.69) is 24.3 Å². The van der Waals surface area contributed by atoms with Gasteiger partial charge in [-0.25, -0.2) is 0 Å². The predicted molar refractivity (Wildman–Crippen MR) is 97.0 cm³/mol. The molecule has 0 radical (unpaired) electrons. The first-order valence-corrected chi connectivity index (χ1v) is 9.13. The van der Waals surface area contributed by atoms with Crippen LogP contribution < -0.4 is 4.46 Å². The van der Waals surface area contributed by atoms with Crippen molar-refractivity contribution in [1.82, 2.24) is 0 Å². The van der Waals surface area contributed by atoms with Crippen LogP contribution in [0, 0.1) is 0 Å². The van der Waals surface area contributed by atoms with Gasteiger partial charge in [0.15, 0.2) is 0 Å². The van der Waals surface area contributed by atoms with Crippen molar-refractivity contribution in [3.8, 4) is 0 Å². The number of carbonyl (C=O) groups excluding carboxylic acids is 1. The number of rotatable bonds is 5. The van der Waals surface area contributed by atoms with Crippen LogP contribution in [0.4, 0.5) is 0 Å². The minimum absolute atomic E-state index is 0.0576. The molecule has 1 nitrogen and oxygen atoms in total. The van der Waals surface area contributed by atoms with E-state index in [1.54, 1.807) is 6.08 Å². The molecule has 0 bridgehead atoms. The standard InChI is InChI=1S/C21H16OSe/c22-20(17-10-4-1-5-11-17)16-21(18-12-6-2-7-13-18)23-19-14-8-3-9-15-19/h1-16H/b21-16-. The molecule has 0 aliphatic carbocycles. The van der Waals surface area contributed by atoms with E-state index in [1.807, 2.05) is 66.7 Å². The Balaban J connectivity index is 1.95. The van der Waals surface area contributed by atoms with Crippen molar-refractivity contribution in [2.45, 2.75) is 0 Å². The summed E-state index contributed by atoms with van der Waals surface area (Å²) in [4.78, 5) is 12.6. The first-order chi connectivity index (χ1) is 11.3. The third kappa shape index (κ3) is 4.29. The molecule has 0 heterocycles. The number of hydrogen-bond acceptors (Lipinski definition) is 1. The van der Waals surface area contributed by atoms with Gasteiger partial charge in [0.2, 0.25) is 0 Å². The summed E-state index contributed by atoms with van der Waals surface area (Å²) in [6.45, 7) is 0. The summed E-state index contributed by atoms with van der Waals surface area (Å²) < 4.78 is 2.36. The van der Waals surface area contributed by atoms with Crippen LogP contribution in [0.3, 0.4) is 0 Å². The maximum atomic E-state index is 12.6. The second-order valence-corrected chi connectivity index (χ2v) is 7.36. The van der Waals surface area contributed by atoms with E-state index in [0.29, 0.717) is 0 Å². The van der Waals surface area contributed by atoms with Crippen molar-refractivity contribution in [3.63, 3.8) is 0 Å². The average Bonchev–Trinajstić information content (AvgIpc) is 2.63. The molecule has 0 aliphatic rings. The summed E-state index contributed by atoms with van der Waals surface area (Å²) in [5.74, 6) is 0.0576. The molecule has 3 rings (SSSR count). The van der Waals surface area contributed by atoms with Crippen LogP contribution >= 0.6 is 0 Å². The number of benzene rings is 3. The molecule has 0 saturated heterocycles. The predicted octanol–water partition coefficient (Wildman–Crippen LogP) is 3.94.